The first-order chi connectivity index (χ1) is 13.0. The molecule has 0 N–H and O–H groups in total. The van der Waals surface area contributed by atoms with E-state index in [0.29, 0.717) is 18.7 Å². The number of nitrogens with zero attached hydrogens (tertiary/aromatic N) is 3. The van der Waals surface area contributed by atoms with Crippen LogP contribution in [0.3, 0.4) is 0 Å². The van der Waals surface area contributed by atoms with Gasteiger partial charge in [0.25, 0.3) is 0 Å². The Morgan fingerprint density at radius 1 is 1.07 bits per heavy atom. The summed E-state index contributed by atoms with van der Waals surface area (Å²) in [5.41, 5.74) is 1.41. The molecule has 0 aliphatic carbocycles. The van der Waals surface area contributed by atoms with E-state index in [1.165, 1.54) is 10.4 Å². The van der Waals surface area contributed by atoms with E-state index in [1.54, 1.807) is 30.3 Å². The standard InChI is InChI=1S/C20H22FN3O2S/c1-2-16-7-9-17(10-8-16)27(25,26)24-13-11-23(12-14-24)20(15-22)18-5-3-4-6-19(18)21/h3-10,20H,2,11-14H2,1H3. The van der Waals surface area contributed by atoms with Gasteiger partial charge in [0.15, 0.2) is 0 Å². The van der Waals surface area contributed by atoms with Crippen molar-refractivity contribution in [2.75, 3.05) is 26.2 Å². The number of halogens is 1. The van der Waals surface area contributed by atoms with Crippen molar-refractivity contribution in [3.05, 3.63) is 65.5 Å². The molecule has 1 unspecified atom stereocenters. The Morgan fingerprint density at radius 3 is 2.26 bits per heavy atom. The lowest BCUT2D eigenvalue weighted by Gasteiger charge is -2.36. The van der Waals surface area contributed by atoms with Crippen LogP contribution in [-0.2, 0) is 16.4 Å². The summed E-state index contributed by atoms with van der Waals surface area (Å²) in [5.74, 6) is -0.421. The number of rotatable bonds is 5. The van der Waals surface area contributed by atoms with Crippen LogP contribution in [0, 0.1) is 17.1 Å². The van der Waals surface area contributed by atoms with E-state index >= 15 is 0 Å². The third kappa shape index (κ3) is 4.03. The van der Waals surface area contributed by atoms with Gasteiger partial charge in [0.05, 0.1) is 11.0 Å². The van der Waals surface area contributed by atoms with E-state index in [9.17, 15) is 18.1 Å². The van der Waals surface area contributed by atoms with Crippen LogP contribution < -0.4 is 0 Å². The van der Waals surface area contributed by atoms with Crippen molar-refractivity contribution in [1.82, 2.24) is 9.21 Å². The second-order valence-corrected chi connectivity index (χ2v) is 8.43. The highest BCUT2D eigenvalue weighted by molar-refractivity contribution is 7.89. The van der Waals surface area contributed by atoms with E-state index < -0.39 is 21.9 Å². The molecule has 0 aromatic heterocycles. The average molecular weight is 387 g/mol. The Bertz CT molecular complexity index is 930. The molecule has 0 radical (unpaired) electrons. The van der Waals surface area contributed by atoms with Gasteiger partial charge in [0, 0.05) is 31.7 Å². The van der Waals surface area contributed by atoms with Crippen molar-refractivity contribution in [3.63, 3.8) is 0 Å². The fourth-order valence-corrected chi connectivity index (χ4v) is 4.72. The summed E-state index contributed by atoms with van der Waals surface area (Å²) < 4.78 is 41.2. The zero-order chi connectivity index (χ0) is 19.4. The number of sulfonamides is 1. The van der Waals surface area contributed by atoms with Crippen molar-refractivity contribution in [1.29, 1.82) is 5.26 Å². The summed E-state index contributed by atoms with van der Waals surface area (Å²) in [6.45, 7) is 3.30. The van der Waals surface area contributed by atoms with Crippen LogP contribution in [0.4, 0.5) is 4.39 Å². The Labute approximate surface area is 159 Å². The minimum absolute atomic E-state index is 0.268. The third-order valence-electron chi connectivity index (χ3n) is 4.93. The molecule has 1 fully saturated rings. The first kappa shape index (κ1) is 19.5. The van der Waals surface area contributed by atoms with Crippen molar-refractivity contribution in [3.8, 4) is 6.07 Å². The minimum Gasteiger partial charge on any atom is -0.282 e. The molecule has 0 spiro atoms. The highest BCUT2D eigenvalue weighted by Crippen LogP contribution is 2.26. The second kappa shape index (κ2) is 8.17. The Morgan fingerprint density at radius 2 is 1.70 bits per heavy atom. The molecule has 1 aliphatic heterocycles. The first-order valence-corrected chi connectivity index (χ1v) is 10.4. The molecule has 5 nitrogen and oxygen atoms in total. The predicted molar refractivity (Wildman–Crippen MR) is 101 cm³/mol. The molecule has 1 heterocycles. The van der Waals surface area contributed by atoms with E-state index in [1.807, 2.05) is 24.0 Å². The normalized spacial score (nSPS) is 17.4. The number of aryl methyl sites for hydroxylation is 1. The zero-order valence-electron chi connectivity index (χ0n) is 15.2. The van der Waals surface area contributed by atoms with Crippen LogP contribution in [0.15, 0.2) is 53.4 Å². The summed E-state index contributed by atoms with van der Waals surface area (Å²) in [5, 5.41) is 9.52. The largest absolute Gasteiger partial charge is 0.282 e. The number of benzene rings is 2. The van der Waals surface area contributed by atoms with Gasteiger partial charge in [-0.05, 0) is 30.2 Å². The lowest BCUT2D eigenvalue weighted by molar-refractivity contribution is 0.160. The maximum absolute atomic E-state index is 14.0. The van der Waals surface area contributed by atoms with Gasteiger partial charge in [0.1, 0.15) is 11.9 Å². The summed E-state index contributed by atoms with van der Waals surface area (Å²) >= 11 is 0. The molecule has 27 heavy (non-hydrogen) atoms. The van der Waals surface area contributed by atoms with Crippen molar-refractivity contribution in [2.45, 2.75) is 24.3 Å². The molecule has 0 amide bonds. The summed E-state index contributed by atoms with van der Waals surface area (Å²) in [7, 11) is -3.57. The van der Waals surface area contributed by atoms with Crippen molar-refractivity contribution < 1.29 is 12.8 Å². The smallest absolute Gasteiger partial charge is 0.243 e. The van der Waals surface area contributed by atoms with E-state index in [-0.39, 0.29) is 18.0 Å². The van der Waals surface area contributed by atoms with Gasteiger partial charge in [-0.3, -0.25) is 4.90 Å². The van der Waals surface area contributed by atoms with Gasteiger partial charge >= 0.3 is 0 Å². The van der Waals surface area contributed by atoms with Crippen LogP contribution in [0.25, 0.3) is 0 Å². The lowest BCUT2D eigenvalue weighted by Crippen LogP contribution is -2.49. The molecule has 1 atom stereocenters. The van der Waals surface area contributed by atoms with E-state index in [2.05, 4.69) is 6.07 Å². The Kier molecular flexibility index (Phi) is 5.90. The molecular formula is C20H22FN3O2S. The van der Waals surface area contributed by atoms with Crippen molar-refractivity contribution >= 4 is 10.0 Å². The monoisotopic (exact) mass is 387 g/mol. The van der Waals surface area contributed by atoms with Crippen LogP contribution in [0.5, 0.6) is 0 Å². The predicted octanol–water partition coefficient (Wildman–Crippen LogP) is 2.96. The highest BCUT2D eigenvalue weighted by Gasteiger charge is 2.32. The van der Waals surface area contributed by atoms with Gasteiger partial charge < -0.3 is 0 Å². The van der Waals surface area contributed by atoms with Crippen molar-refractivity contribution in [2.24, 2.45) is 0 Å². The molecule has 0 saturated carbocycles. The Hall–Kier alpha value is -2.27. The number of hydrogen-bond acceptors (Lipinski definition) is 4. The third-order valence-corrected chi connectivity index (χ3v) is 6.84. The fourth-order valence-electron chi connectivity index (χ4n) is 3.29. The van der Waals surface area contributed by atoms with Crippen LogP contribution >= 0.6 is 0 Å². The maximum Gasteiger partial charge on any atom is 0.243 e. The minimum atomic E-state index is -3.57. The molecule has 3 rings (SSSR count). The van der Waals surface area contributed by atoms with Crippen LogP contribution in [0.1, 0.15) is 24.1 Å². The average Bonchev–Trinajstić information content (AvgIpc) is 2.70. The number of hydrogen-bond donors (Lipinski definition) is 0. The van der Waals surface area contributed by atoms with Gasteiger partial charge in [-0.25, -0.2) is 12.8 Å². The highest BCUT2D eigenvalue weighted by atomic mass is 32.2. The topological polar surface area (TPSA) is 64.4 Å². The molecule has 2 aromatic rings. The zero-order valence-corrected chi connectivity index (χ0v) is 16.0. The van der Waals surface area contributed by atoms with Gasteiger partial charge in [0.2, 0.25) is 10.0 Å². The van der Waals surface area contributed by atoms with Crippen LogP contribution in [0.2, 0.25) is 0 Å². The van der Waals surface area contributed by atoms with Gasteiger partial charge in [-0.1, -0.05) is 37.3 Å². The maximum atomic E-state index is 14.0. The molecule has 2 aromatic carbocycles. The summed E-state index contributed by atoms with van der Waals surface area (Å²) in [4.78, 5) is 2.10. The quantitative estimate of drug-likeness (QED) is 0.791. The summed E-state index contributed by atoms with van der Waals surface area (Å²) in [6, 6.07) is 14.6. The van der Waals surface area contributed by atoms with E-state index in [4.69, 9.17) is 0 Å². The van der Waals surface area contributed by atoms with Gasteiger partial charge in [-0.15, -0.1) is 0 Å². The first-order valence-electron chi connectivity index (χ1n) is 8.94. The molecular weight excluding hydrogens is 365 g/mol. The Balaban J connectivity index is 1.72. The lowest BCUT2D eigenvalue weighted by atomic mass is 10.1. The second-order valence-electron chi connectivity index (χ2n) is 6.49. The number of piperazine rings is 1. The molecule has 1 aliphatic rings. The number of nitriles is 1. The SMILES string of the molecule is CCc1ccc(S(=O)(=O)N2CCN(C(C#N)c3ccccc3F)CC2)cc1. The molecule has 0 bridgehead atoms. The fraction of sp³-hybridized carbons (Fsp3) is 0.350. The van der Waals surface area contributed by atoms with Crippen LogP contribution in [-0.4, -0.2) is 43.8 Å². The molecule has 142 valence electrons. The molecule has 7 heteroatoms. The molecule has 1 saturated heterocycles. The summed E-state index contributed by atoms with van der Waals surface area (Å²) in [6.07, 6.45) is 0.852. The van der Waals surface area contributed by atoms with Gasteiger partial charge in [-0.2, -0.15) is 9.57 Å². The van der Waals surface area contributed by atoms with E-state index in [0.717, 1.165) is 12.0 Å².